The Bertz CT molecular complexity index is 1290. The van der Waals surface area contributed by atoms with Gasteiger partial charge in [0.25, 0.3) is 5.91 Å². The molecule has 4 N–H and O–H groups in total. The van der Waals surface area contributed by atoms with Crippen LogP contribution in [0.2, 0.25) is 0 Å². The number of ether oxygens (including phenoxy) is 2. The number of aliphatic imine (C=N–C) groups is 1. The number of nitrogens with zero attached hydrogens (tertiary/aromatic N) is 2. The number of aromatic nitrogens is 1. The average molecular weight is 402 g/mol. The molecule has 0 radical (unpaired) electrons. The minimum absolute atomic E-state index is 0.262. The first-order chi connectivity index (χ1) is 14.5. The first-order valence-electron chi connectivity index (χ1n) is 9.38. The molecule has 1 aromatic heterocycles. The standard InChI is InChI=1S/C23H22N4O3/c1-29-20-9-5-6-15(21(20)30-2)13-27-18-8-4-3-7-16(18)17-11-10-14(12-19(17)27)22(28)26-23(24)25/h3-12H,13H2,1-2H3,(H4,24,25,26,28). The first-order valence-corrected chi connectivity index (χ1v) is 9.38. The molecule has 1 amide bonds. The van der Waals surface area contributed by atoms with Crippen LogP contribution in [0.1, 0.15) is 15.9 Å². The zero-order chi connectivity index (χ0) is 21.3. The van der Waals surface area contributed by atoms with Crippen molar-refractivity contribution >= 4 is 33.7 Å². The summed E-state index contributed by atoms with van der Waals surface area (Å²) in [6.07, 6.45) is 0. The van der Waals surface area contributed by atoms with E-state index in [-0.39, 0.29) is 5.96 Å². The molecule has 152 valence electrons. The van der Waals surface area contributed by atoms with E-state index in [2.05, 4.69) is 21.7 Å². The van der Waals surface area contributed by atoms with Crippen LogP contribution in [0.25, 0.3) is 21.8 Å². The van der Waals surface area contributed by atoms with E-state index in [1.807, 2.05) is 42.5 Å². The highest BCUT2D eigenvalue weighted by Crippen LogP contribution is 2.35. The maximum atomic E-state index is 12.4. The summed E-state index contributed by atoms with van der Waals surface area (Å²) in [5, 5.41) is 2.13. The number of nitrogens with two attached hydrogens (primary N) is 2. The molecule has 0 aliphatic rings. The monoisotopic (exact) mass is 402 g/mol. The smallest absolute Gasteiger partial charge is 0.280 e. The van der Waals surface area contributed by atoms with Crippen LogP contribution in [-0.4, -0.2) is 30.7 Å². The Hall–Kier alpha value is -4.00. The first kappa shape index (κ1) is 19.3. The van der Waals surface area contributed by atoms with Gasteiger partial charge in [0.05, 0.1) is 26.3 Å². The third-order valence-corrected chi connectivity index (χ3v) is 5.06. The number of fused-ring (bicyclic) bond motifs is 3. The van der Waals surface area contributed by atoms with Gasteiger partial charge in [-0.05, 0) is 24.3 Å². The Morgan fingerprint density at radius 2 is 1.70 bits per heavy atom. The van der Waals surface area contributed by atoms with Gasteiger partial charge in [-0.25, -0.2) is 0 Å². The van der Waals surface area contributed by atoms with E-state index in [4.69, 9.17) is 20.9 Å². The molecule has 0 saturated carbocycles. The van der Waals surface area contributed by atoms with E-state index < -0.39 is 5.91 Å². The zero-order valence-corrected chi connectivity index (χ0v) is 16.8. The van der Waals surface area contributed by atoms with Gasteiger partial charge in [0.15, 0.2) is 17.5 Å². The summed E-state index contributed by atoms with van der Waals surface area (Å²) in [7, 11) is 3.24. The van der Waals surface area contributed by atoms with Crippen molar-refractivity contribution in [1.82, 2.24) is 4.57 Å². The Labute approximate surface area is 173 Å². The number of carbonyl (C=O) groups excluding carboxylic acids is 1. The van der Waals surface area contributed by atoms with E-state index in [9.17, 15) is 4.79 Å². The number of para-hydroxylation sites is 2. The molecule has 0 fully saturated rings. The summed E-state index contributed by atoms with van der Waals surface area (Å²) in [6, 6.07) is 19.4. The lowest BCUT2D eigenvalue weighted by atomic mass is 10.1. The Morgan fingerprint density at radius 3 is 2.43 bits per heavy atom. The van der Waals surface area contributed by atoms with Gasteiger partial charge in [0, 0.05) is 27.4 Å². The highest BCUT2D eigenvalue weighted by Gasteiger charge is 2.16. The van der Waals surface area contributed by atoms with E-state index in [1.165, 1.54) is 0 Å². The third kappa shape index (κ3) is 3.30. The predicted molar refractivity (Wildman–Crippen MR) is 118 cm³/mol. The quantitative estimate of drug-likeness (QED) is 0.394. The molecule has 0 bridgehead atoms. The van der Waals surface area contributed by atoms with Crippen molar-refractivity contribution in [2.45, 2.75) is 6.54 Å². The zero-order valence-electron chi connectivity index (χ0n) is 16.8. The highest BCUT2D eigenvalue weighted by atomic mass is 16.5. The molecule has 30 heavy (non-hydrogen) atoms. The van der Waals surface area contributed by atoms with Crippen LogP contribution < -0.4 is 20.9 Å². The van der Waals surface area contributed by atoms with Crippen molar-refractivity contribution in [2.24, 2.45) is 16.5 Å². The Balaban J connectivity index is 1.93. The second-order valence-corrected chi connectivity index (χ2v) is 6.83. The fourth-order valence-electron chi connectivity index (χ4n) is 3.78. The Kier molecular flexibility index (Phi) is 5.02. The van der Waals surface area contributed by atoms with Gasteiger partial charge in [-0.2, -0.15) is 4.99 Å². The lowest BCUT2D eigenvalue weighted by Crippen LogP contribution is -2.24. The average Bonchev–Trinajstić information content (AvgIpc) is 3.06. The highest BCUT2D eigenvalue weighted by molar-refractivity contribution is 6.11. The number of rotatable bonds is 5. The number of amides is 1. The van der Waals surface area contributed by atoms with Crippen LogP contribution in [0, 0.1) is 0 Å². The topological polar surface area (TPSA) is 105 Å². The van der Waals surface area contributed by atoms with Crippen LogP contribution in [0.4, 0.5) is 0 Å². The fourth-order valence-corrected chi connectivity index (χ4v) is 3.78. The van der Waals surface area contributed by atoms with Gasteiger partial charge in [-0.1, -0.05) is 36.4 Å². The van der Waals surface area contributed by atoms with Gasteiger partial charge in [-0.3, -0.25) is 4.79 Å². The predicted octanol–water partition coefficient (Wildman–Crippen LogP) is 3.27. The third-order valence-electron chi connectivity index (χ3n) is 5.06. The molecule has 0 atom stereocenters. The number of benzene rings is 3. The van der Waals surface area contributed by atoms with Crippen molar-refractivity contribution in [2.75, 3.05) is 14.2 Å². The summed E-state index contributed by atoms with van der Waals surface area (Å²) in [6.45, 7) is 0.532. The number of hydrogen-bond donors (Lipinski definition) is 2. The van der Waals surface area contributed by atoms with Gasteiger partial charge >= 0.3 is 0 Å². The summed E-state index contributed by atoms with van der Waals surface area (Å²) in [5.74, 6) is 0.604. The molecular formula is C23H22N4O3. The largest absolute Gasteiger partial charge is 0.493 e. The summed E-state index contributed by atoms with van der Waals surface area (Å²) < 4.78 is 13.2. The van der Waals surface area contributed by atoms with Crippen LogP contribution in [0.15, 0.2) is 65.7 Å². The number of hydrogen-bond acceptors (Lipinski definition) is 3. The molecule has 0 spiro atoms. The molecule has 7 heteroatoms. The summed E-state index contributed by atoms with van der Waals surface area (Å²) in [5.41, 5.74) is 14.1. The van der Waals surface area contributed by atoms with E-state index in [1.54, 1.807) is 20.3 Å². The maximum Gasteiger partial charge on any atom is 0.280 e. The second kappa shape index (κ2) is 7.79. The van der Waals surface area contributed by atoms with Crippen molar-refractivity contribution in [1.29, 1.82) is 0 Å². The van der Waals surface area contributed by atoms with E-state index in [0.29, 0.717) is 23.6 Å². The SMILES string of the molecule is COc1cccc(Cn2c3ccccc3c3ccc(C(=O)N=C(N)N)cc32)c1OC. The van der Waals surface area contributed by atoms with Gasteiger partial charge in [0.1, 0.15) is 0 Å². The molecule has 0 aliphatic heterocycles. The van der Waals surface area contributed by atoms with Crippen molar-refractivity contribution in [3.05, 3.63) is 71.8 Å². The lowest BCUT2D eigenvalue weighted by molar-refractivity contribution is 0.100. The van der Waals surface area contributed by atoms with Crippen molar-refractivity contribution < 1.29 is 14.3 Å². The molecular weight excluding hydrogens is 380 g/mol. The van der Waals surface area contributed by atoms with Crippen LogP contribution in [-0.2, 0) is 6.54 Å². The normalized spacial score (nSPS) is 10.9. The Morgan fingerprint density at radius 1 is 0.933 bits per heavy atom. The van der Waals surface area contributed by atoms with Crippen LogP contribution in [0.3, 0.4) is 0 Å². The molecule has 7 nitrogen and oxygen atoms in total. The molecule has 0 aliphatic carbocycles. The molecule has 4 aromatic rings. The van der Waals surface area contributed by atoms with Crippen molar-refractivity contribution in [3.8, 4) is 11.5 Å². The minimum Gasteiger partial charge on any atom is -0.493 e. The van der Waals surface area contributed by atoms with Crippen molar-refractivity contribution in [3.63, 3.8) is 0 Å². The second-order valence-electron chi connectivity index (χ2n) is 6.83. The number of carbonyl (C=O) groups is 1. The maximum absolute atomic E-state index is 12.4. The fraction of sp³-hybridized carbons (Fsp3) is 0.130. The lowest BCUT2D eigenvalue weighted by Gasteiger charge is -2.14. The molecule has 0 unspecified atom stereocenters. The molecule has 1 heterocycles. The number of guanidine groups is 1. The summed E-state index contributed by atoms with van der Waals surface area (Å²) >= 11 is 0. The molecule has 0 saturated heterocycles. The van der Waals surface area contributed by atoms with Gasteiger partial charge in [0.2, 0.25) is 0 Å². The number of methoxy groups -OCH3 is 2. The molecule has 4 rings (SSSR count). The summed E-state index contributed by atoms with van der Waals surface area (Å²) in [4.78, 5) is 16.0. The van der Waals surface area contributed by atoms with Crippen LogP contribution in [0.5, 0.6) is 11.5 Å². The van der Waals surface area contributed by atoms with Gasteiger partial charge in [-0.15, -0.1) is 0 Å². The van der Waals surface area contributed by atoms with Gasteiger partial charge < -0.3 is 25.5 Å². The van der Waals surface area contributed by atoms with E-state index >= 15 is 0 Å². The van der Waals surface area contributed by atoms with Crippen LogP contribution >= 0.6 is 0 Å². The van der Waals surface area contributed by atoms with E-state index in [0.717, 1.165) is 27.4 Å². The molecule has 3 aromatic carbocycles. The minimum atomic E-state index is -0.479.